The Labute approximate surface area is 170 Å². The van der Waals surface area contributed by atoms with Gasteiger partial charge in [-0.1, -0.05) is 18.2 Å². The van der Waals surface area contributed by atoms with Crippen LogP contribution in [0.15, 0.2) is 36.5 Å². The quantitative estimate of drug-likeness (QED) is 0.797. The van der Waals surface area contributed by atoms with Crippen molar-refractivity contribution in [3.63, 3.8) is 0 Å². The molecule has 1 aromatic heterocycles. The van der Waals surface area contributed by atoms with E-state index in [1.807, 2.05) is 46.3 Å². The molecule has 1 unspecified atom stereocenters. The van der Waals surface area contributed by atoms with Gasteiger partial charge in [-0.05, 0) is 31.4 Å². The van der Waals surface area contributed by atoms with Crippen molar-refractivity contribution < 1.29 is 14.3 Å². The average molecular weight is 394 g/mol. The molecule has 29 heavy (non-hydrogen) atoms. The van der Waals surface area contributed by atoms with E-state index in [4.69, 9.17) is 9.72 Å². The molecule has 0 aliphatic carbocycles. The van der Waals surface area contributed by atoms with Crippen molar-refractivity contribution in [3.8, 4) is 5.75 Å². The van der Waals surface area contributed by atoms with Gasteiger partial charge in [0.1, 0.15) is 5.75 Å². The van der Waals surface area contributed by atoms with Crippen molar-refractivity contribution in [3.05, 3.63) is 53.6 Å². The molecule has 0 saturated carbocycles. The SMILES string of the molecule is CC(=O)N1CCc2nc(C3CCCCN3C(=O)COc3ccccc3)ncc2C1. The van der Waals surface area contributed by atoms with E-state index in [1.54, 1.807) is 6.92 Å². The zero-order valence-electron chi connectivity index (χ0n) is 16.7. The van der Waals surface area contributed by atoms with E-state index in [0.717, 1.165) is 36.9 Å². The number of hydrogen-bond donors (Lipinski definition) is 0. The Hall–Kier alpha value is -2.96. The lowest BCUT2D eigenvalue weighted by atomic mass is 10.00. The lowest BCUT2D eigenvalue weighted by Crippen LogP contribution is -2.42. The van der Waals surface area contributed by atoms with E-state index in [-0.39, 0.29) is 24.5 Å². The van der Waals surface area contributed by atoms with Crippen molar-refractivity contribution in [2.24, 2.45) is 0 Å². The van der Waals surface area contributed by atoms with E-state index in [2.05, 4.69) is 4.98 Å². The summed E-state index contributed by atoms with van der Waals surface area (Å²) in [6.07, 6.45) is 5.43. The molecule has 4 rings (SSSR count). The maximum absolute atomic E-state index is 12.9. The fraction of sp³-hybridized carbons (Fsp3) is 0.455. The maximum Gasteiger partial charge on any atom is 0.261 e. The van der Waals surface area contributed by atoms with Crippen molar-refractivity contribution in [1.82, 2.24) is 19.8 Å². The molecule has 1 aromatic carbocycles. The Morgan fingerprint density at radius 2 is 2.00 bits per heavy atom. The molecule has 2 aliphatic heterocycles. The van der Waals surface area contributed by atoms with Crippen LogP contribution in [0.2, 0.25) is 0 Å². The number of carbonyl (C=O) groups excluding carboxylic acids is 2. The first kappa shape index (κ1) is 19.4. The predicted molar refractivity (Wildman–Crippen MR) is 107 cm³/mol. The molecule has 2 amide bonds. The highest BCUT2D eigenvalue weighted by Gasteiger charge is 2.31. The molecular weight excluding hydrogens is 368 g/mol. The molecule has 2 aromatic rings. The van der Waals surface area contributed by atoms with Crippen molar-refractivity contribution in [2.75, 3.05) is 19.7 Å². The number of likely N-dealkylation sites (tertiary alicyclic amines) is 1. The molecule has 0 N–H and O–H groups in total. The van der Waals surface area contributed by atoms with Crippen LogP contribution < -0.4 is 4.74 Å². The largest absolute Gasteiger partial charge is 0.484 e. The lowest BCUT2D eigenvalue weighted by molar-refractivity contribution is -0.137. The van der Waals surface area contributed by atoms with Gasteiger partial charge in [0, 0.05) is 44.7 Å². The van der Waals surface area contributed by atoms with Crippen LogP contribution >= 0.6 is 0 Å². The minimum absolute atomic E-state index is 0.0129. The first-order chi connectivity index (χ1) is 14.1. The third kappa shape index (κ3) is 4.39. The average Bonchev–Trinajstić information content (AvgIpc) is 2.77. The molecule has 0 radical (unpaired) electrons. The van der Waals surface area contributed by atoms with Crippen LogP contribution in [0.4, 0.5) is 0 Å². The molecule has 152 valence electrons. The Kier molecular flexibility index (Phi) is 5.74. The van der Waals surface area contributed by atoms with Gasteiger partial charge >= 0.3 is 0 Å². The normalized spacial score (nSPS) is 18.9. The van der Waals surface area contributed by atoms with Gasteiger partial charge < -0.3 is 14.5 Å². The van der Waals surface area contributed by atoms with E-state index < -0.39 is 0 Å². The minimum atomic E-state index is -0.119. The second kappa shape index (κ2) is 8.59. The highest BCUT2D eigenvalue weighted by molar-refractivity contribution is 5.78. The molecule has 1 saturated heterocycles. The Bertz CT molecular complexity index is 887. The zero-order chi connectivity index (χ0) is 20.2. The Morgan fingerprint density at radius 1 is 1.17 bits per heavy atom. The molecular formula is C22H26N4O3. The molecule has 7 heteroatoms. The van der Waals surface area contributed by atoms with Crippen LogP contribution in [0.25, 0.3) is 0 Å². The van der Waals surface area contributed by atoms with Crippen molar-refractivity contribution in [1.29, 1.82) is 0 Å². The van der Waals surface area contributed by atoms with E-state index in [0.29, 0.717) is 31.2 Å². The summed E-state index contributed by atoms with van der Waals surface area (Å²) in [6, 6.07) is 9.26. The minimum Gasteiger partial charge on any atom is -0.484 e. The van der Waals surface area contributed by atoms with E-state index in [9.17, 15) is 9.59 Å². The van der Waals surface area contributed by atoms with E-state index >= 15 is 0 Å². The number of hydrogen-bond acceptors (Lipinski definition) is 5. The molecule has 3 heterocycles. The fourth-order valence-corrected chi connectivity index (χ4v) is 4.00. The summed E-state index contributed by atoms with van der Waals surface area (Å²) >= 11 is 0. The molecule has 0 spiro atoms. The smallest absolute Gasteiger partial charge is 0.261 e. The highest BCUT2D eigenvalue weighted by Crippen LogP contribution is 2.30. The molecule has 0 bridgehead atoms. The van der Waals surface area contributed by atoms with Gasteiger partial charge in [0.15, 0.2) is 12.4 Å². The van der Waals surface area contributed by atoms with Gasteiger partial charge in [-0.2, -0.15) is 0 Å². The van der Waals surface area contributed by atoms with Crippen molar-refractivity contribution in [2.45, 2.75) is 45.2 Å². The number of carbonyl (C=O) groups is 2. The van der Waals surface area contributed by atoms with Crippen LogP contribution in [0, 0.1) is 0 Å². The molecule has 1 atom stereocenters. The monoisotopic (exact) mass is 394 g/mol. The number of nitrogens with zero attached hydrogens (tertiary/aromatic N) is 4. The fourth-order valence-electron chi connectivity index (χ4n) is 4.00. The second-order valence-corrected chi connectivity index (χ2v) is 7.59. The van der Waals surface area contributed by atoms with Gasteiger partial charge in [0.2, 0.25) is 5.91 Å². The Balaban J connectivity index is 1.47. The third-order valence-electron chi connectivity index (χ3n) is 5.62. The topological polar surface area (TPSA) is 75.6 Å². The number of rotatable bonds is 4. The number of piperidine rings is 1. The van der Waals surface area contributed by atoms with Gasteiger partial charge in [0.25, 0.3) is 5.91 Å². The summed E-state index contributed by atoms with van der Waals surface area (Å²) in [5.74, 6) is 1.42. The van der Waals surface area contributed by atoms with Crippen molar-refractivity contribution >= 4 is 11.8 Å². The summed E-state index contributed by atoms with van der Waals surface area (Å²) < 4.78 is 5.66. The Morgan fingerprint density at radius 3 is 2.79 bits per heavy atom. The summed E-state index contributed by atoms with van der Waals surface area (Å²) in [5, 5.41) is 0. The number of aromatic nitrogens is 2. The number of fused-ring (bicyclic) bond motifs is 1. The zero-order valence-corrected chi connectivity index (χ0v) is 16.7. The first-order valence-electron chi connectivity index (χ1n) is 10.2. The van der Waals surface area contributed by atoms with Crippen LogP contribution in [-0.2, 0) is 22.6 Å². The molecule has 7 nitrogen and oxygen atoms in total. The van der Waals surface area contributed by atoms with Gasteiger partial charge in [-0.25, -0.2) is 9.97 Å². The number of amides is 2. The summed E-state index contributed by atoms with van der Waals surface area (Å²) in [7, 11) is 0. The summed E-state index contributed by atoms with van der Waals surface area (Å²) in [5.41, 5.74) is 1.99. The highest BCUT2D eigenvalue weighted by atomic mass is 16.5. The van der Waals surface area contributed by atoms with Gasteiger partial charge in [0.05, 0.1) is 11.7 Å². The first-order valence-corrected chi connectivity index (χ1v) is 10.2. The second-order valence-electron chi connectivity index (χ2n) is 7.59. The van der Waals surface area contributed by atoms with Crippen LogP contribution in [0.5, 0.6) is 5.75 Å². The van der Waals surface area contributed by atoms with Crippen LogP contribution in [0.3, 0.4) is 0 Å². The summed E-state index contributed by atoms with van der Waals surface area (Å²) in [6.45, 7) is 3.53. The number of ether oxygens (including phenoxy) is 1. The standard InChI is InChI=1S/C22H26N4O3/c1-16(27)25-12-10-19-17(14-25)13-23-22(24-19)20-9-5-6-11-26(20)21(28)15-29-18-7-3-2-4-8-18/h2-4,7-8,13,20H,5-6,9-12,14-15H2,1H3. The molecule has 1 fully saturated rings. The van der Waals surface area contributed by atoms with Gasteiger partial charge in [-0.3, -0.25) is 9.59 Å². The van der Waals surface area contributed by atoms with Crippen LogP contribution in [0.1, 0.15) is 49.3 Å². The maximum atomic E-state index is 12.9. The number of para-hydroxylation sites is 1. The van der Waals surface area contributed by atoms with Crippen LogP contribution in [-0.4, -0.2) is 51.3 Å². The molecule has 2 aliphatic rings. The van der Waals surface area contributed by atoms with Gasteiger partial charge in [-0.15, -0.1) is 0 Å². The van der Waals surface area contributed by atoms with E-state index in [1.165, 1.54) is 0 Å². The summed E-state index contributed by atoms with van der Waals surface area (Å²) in [4.78, 5) is 37.5. The number of benzene rings is 1. The third-order valence-corrected chi connectivity index (χ3v) is 5.62. The lowest BCUT2D eigenvalue weighted by Gasteiger charge is -2.35. The predicted octanol–water partition coefficient (Wildman–Crippen LogP) is 2.51.